The molecule has 1 spiro atoms. The van der Waals surface area contributed by atoms with Crippen LogP contribution in [0.5, 0.6) is 11.5 Å². The topological polar surface area (TPSA) is 94.6 Å². The zero-order valence-electron chi connectivity index (χ0n) is 29.6. The average Bonchev–Trinajstić information content (AvgIpc) is 3.42. The van der Waals surface area contributed by atoms with Gasteiger partial charge < -0.3 is 24.2 Å². The average molecular weight is 745 g/mol. The summed E-state index contributed by atoms with van der Waals surface area (Å²) in [6.45, 7) is 8.17. The number of nitrogens with one attached hydrogen (secondary N) is 2. The lowest BCUT2D eigenvalue weighted by molar-refractivity contribution is 0.176. The predicted molar refractivity (Wildman–Crippen MR) is 210 cm³/mol. The molecule has 1 unspecified atom stereocenters. The van der Waals surface area contributed by atoms with Gasteiger partial charge in [-0.25, -0.2) is 4.98 Å². The summed E-state index contributed by atoms with van der Waals surface area (Å²) in [4.78, 5) is 12.5. The van der Waals surface area contributed by atoms with Crippen molar-refractivity contribution in [2.45, 2.75) is 57.4 Å². The quantitative estimate of drug-likeness (QED) is 0.144. The highest BCUT2D eigenvalue weighted by molar-refractivity contribution is 7.90. The van der Waals surface area contributed by atoms with Crippen molar-refractivity contribution in [1.82, 2.24) is 14.7 Å². The zero-order chi connectivity index (χ0) is 35.9. The Balaban J connectivity index is 1.21. The Morgan fingerprint density at radius 3 is 2.51 bits per heavy atom. The van der Waals surface area contributed by atoms with Crippen LogP contribution in [0.1, 0.15) is 56.3 Å². The molecule has 266 valence electrons. The first-order valence-electron chi connectivity index (χ1n) is 17.2. The van der Waals surface area contributed by atoms with Gasteiger partial charge in [0, 0.05) is 76.8 Å². The standard InChI is InChI=1S/C40H43Cl2N5O3S/c1-39(2,3)51(48)46-37-30-10-7-6-9-25(30)22-40(37)15-17-47(18-16-40)35-21-33-31(19-27(24-43-33)29-11-8-12-32(41)36(29)42)38(45-35)44-23-26-13-14-28(49-4)20-34(26)50-5/h6-14,19-21,24,37,46H,15-18,22-23H2,1-5H3,(H,44,45)/t37-,51?/m1/s1. The number of fused-ring (bicyclic) bond motifs is 2. The van der Waals surface area contributed by atoms with Crippen LogP contribution in [0, 0.1) is 5.41 Å². The second kappa shape index (κ2) is 14.4. The molecule has 2 atom stereocenters. The fraction of sp³-hybridized carbons (Fsp3) is 0.350. The molecule has 0 amide bonds. The molecule has 1 fully saturated rings. The van der Waals surface area contributed by atoms with E-state index in [9.17, 15) is 4.55 Å². The molecule has 1 saturated heterocycles. The van der Waals surface area contributed by atoms with Gasteiger partial charge in [0.2, 0.25) is 0 Å². The van der Waals surface area contributed by atoms with Gasteiger partial charge in [-0.2, -0.15) is 0 Å². The molecule has 3 heterocycles. The second-order valence-electron chi connectivity index (χ2n) is 14.4. The summed E-state index contributed by atoms with van der Waals surface area (Å²) in [6, 6.07) is 24.2. The molecule has 3 aromatic carbocycles. The van der Waals surface area contributed by atoms with E-state index in [1.54, 1.807) is 20.3 Å². The Kier molecular flexibility index (Phi) is 10.0. The highest BCUT2D eigenvalue weighted by atomic mass is 35.5. The summed E-state index contributed by atoms with van der Waals surface area (Å²) in [5.74, 6) is 3.02. The Hall–Kier alpha value is -3.73. The number of hydrogen-bond donors (Lipinski definition) is 2. The number of nitrogens with zero attached hydrogens (tertiary/aromatic N) is 3. The molecule has 11 heteroatoms. The number of anilines is 2. The van der Waals surface area contributed by atoms with Gasteiger partial charge in [-0.15, -0.1) is 4.72 Å². The van der Waals surface area contributed by atoms with Crippen molar-refractivity contribution in [2.75, 3.05) is 37.5 Å². The summed E-state index contributed by atoms with van der Waals surface area (Å²) < 4.78 is 27.8. The van der Waals surface area contributed by atoms with Crippen molar-refractivity contribution in [3.05, 3.63) is 106 Å². The van der Waals surface area contributed by atoms with Crippen molar-refractivity contribution < 1.29 is 14.0 Å². The number of hydrogen-bond acceptors (Lipinski definition) is 8. The predicted octanol–water partition coefficient (Wildman–Crippen LogP) is 9.17. The molecule has 0 saturated carbocycles. The lowest BCUT2D eigenvalue weighted by Gasteiger charge is -2.44. The first kappa shape index (κ1) is 35.7. The number of aromatic nitrogens is 2. The van der Waals surface area contributed by atoms with Crippen LogP contribution in [-0.4, -0.2) is 46.6 Å². The largest absolute Gasteiger partial charge is 0.598 e. The molecule has 1 aliphatic carbocycles. The molecule has 1 aliphatic heterocycles. The first-order chi connectivity index (χ1) is 24.5. The van der Waals surface area contributed by atoms with Gasteiger partial charge in [0.15, 0.2) is 0 Å². The molecule has 2 aromatic heterocycles. The lowest BCUT2D eigenvalue weighted by atomic mass is 9.73. The van der Waals surface area contributed by atoms with Crippen LogP contribution in [0.2, 0.25) is 10.0 Å². The van der Waals surface area contributed by atoms with Crippen LogP contribution in [0.3, 0.4) is 0 Å². The van der Waals surface area contributed by atoms with E-state index in [2.05, 4.69) is 51.3 Å². The van der Waals surface area contributed by atoms with Gasteiger partial charge in [0.1, 0.15) is 27.9 Å². The Morgan fingerprint density at radius 2 is 1.76 bits per heavy atom. The molecule has 2 aliphatic rings. The molecule has 2 N–H and O–H groups in total. The normalized spacial score (nSPS) is 17.4. The van der Waals surface area contributed by atoms with Crippen molar-refractivity contribution in [3.8, 4) is 22.6 Å². The molecule has 7 rings (SSSR count). The van der Waals surface area contributed by atoms with Crippen molar-refractivity contribution in [3.63, 3.8) is 0 Å². The Morgan fingerprint density at radius 1 is 0.980 bits per heavy atom. The smallest absolute Gasteiger partial charge is 0.138 e. The first-order valence-corrected chi connectivity index (χ1v) is 19.1. The highest BCUT2D eigenvalue weighted by Crippen LogP contribution is 2.53. The Bertz CT molecular complexity index is 2060. The molecule has 0 bridgehead atoms. The number of ether oxygens (including phenoxy) is 2. The van der Waals surface area contributed by atoms with Crippen LogP contribution < -0.4 is 24.4 Å². The summed E-state index contributed by atoms with van der Waals surface area (Å²) in [6.07, 6.45) is 4.68. The van der Waals surface area contributed by atoms with E-state index in [0.717, 1.165) is 77.3 Å². The molecule has 8 nitrogen and oxygen atoms in total. The van der Waals surface area contributed by atoms with E-state index < -0.39 is 11.4 Å². The molecular weight excluding hydrogens is 701 g/mol. The maximum atomic E-state index is 13.4. The van der Waals surface area contributed by atoms with Crippen LogP contribution in [0.4, 0.5) is 11.6 Å². The molecule has 0 radical (unpaired) electrons. The van der Waals surface area contributed by atoms with Gasteiger partial charge in [-0.3, -0.25) is 4.98 Å². The van der Waals surface area contributed by atoms with E-state index in [1.165, 1.54) is 11.1 Å². The van der Waals surface area contributed by atoms with Gasteiger partial charge in [-0.05, 0) is 75.4 Å². The maximum absolute atomic E-state index is 13.4. The van der Waals surface area contributed by atoms with Gasteiger partial charge in [0.25, 0.3) is 0 Å². The number of pyridine rings is 2. The number of benzene rings is 3. The third-order valence-electron chi connectivity index (χ3n) is 10.3. The zero-order valence-corrected chi connectivity index (χ0v) is 31.9. The van der Waals surface area contributed by atoms with Crippen molar-refractivity contribution in [2.24, 2.45) is 5.41 Å². The molecule has 51 heavy (non-hydrogen) atoms. The monoisotopic (exact) mass is 743 g/mol. The minimum absolute atomic E-state index is 0.0237. The summed E-state index contributed by atoms with van der Waals surface area (Å²) in [5.41, 5.74) is 6.02. The van der Waals surface area contributed by atoms with E-state index >= 15 is 0 Å². The van der Waals surface area contributed by atoms with Crippen molar-refractivity contribution >= 4 is 57.1 Å². The van der Waals surface area contributed by atoms with Crippen LogP contribution in [-0.2, 0) is 24.3 Å². The second-order valence-corrected chi connectivity index (χ2v) is 17.2. The fourth-order valence-electron chi connectivity index (χ4n) is 7.36. The number of piperidine rings is 1. The van der Waals surface area contributed by atoms with E-state index in [1.807, 2.05) is 57.3 Å². The third-order valence-corrected chi connectivity index (χ3v) is 12.6. The molecular formula is C40H43Cl2N5O3S. The van der Waals surface area contributed by atoms with Gasteiger partial charge in [-0.1, -0.05) is 59.6 Å². The van der Waals surface area contributed by atoms with E-state index in [-0.39, 0.29) is 16.2 Å². The van der Waals surface area contributed by atoms with Crippen molar-refractivity contribution in [1.29, 1.82) is 0 Å². The Labute approximate surface area is 313 Å². The minimum atomic E-state index is -1.19. The number of rotatable bonds is 9. The van der Waals surface area contributed by atoms with Gasteiger partial charge >= 0.3 is 0 Å². The fourth-order valence-corrected chi connectivity index (χ4v) is 8.72. The summed E-state index contributed by atoms with van der Waals surface area (Å²) in [7, 11) is 3.30. The number of methoxy groups -OCH3 is 2. The van der Waals surface area contributed by atoms with Crippen LogP contribution in [0.25, 0.3) is 22.0 Å². The number of halogens is 2. The van der Waals surface area contributed by atoms with E-state index in [0.29, 0.717) is 22.4 Å². The van der Waals surface area contributed by atoms with Gasteiger partial charge in [0.05, 0.1) is 35.8 Å². The highest BCUT2D eigenvalue weighted by Gasteiger charge is 2.50. The summed E-state index contributed by atoms with van der Waals surface area (Å²) in [5, 5.41) is 5.44. The van der Waals surface area contributed by atoms with E-state index in [4.69, 9.17) is 42.6 Å². The maximum Gasteiger partial charge on any atom is 0.138 e. The molecule has 5 aromatic rings. The van der Waals surface area contributed by atoms with Crippen LogP contribution in [0.15, 0.2) is 79.0 Å². The summed E-state index contributed by atoms with van der Waals surface area (Å²) >= 11 is 11.8. The lowest BCUT2D eigenvalue weighted by Crippen LogP contribution is -2.49. The van der Waals surface area contributed by atoms with Crippen LogP contribution >= 0.6 is 23.2 Å². The minimum Gasteiger partial charge on any atom is -0.598 e. The SMILES string of the molecule is COc1ccc(CNc2nc(N3CCC4(CC3)Cc3ccccc3[C@H]4N[S+]([O-])C(C)(C)C)cc3ncc(-c4cccc(Cl)c4Cl)cc23)c(OC)c1. The third kappa shape index (κ3) is 7.07.